The Kier molecular flexibility index (Phi) is 3.66. The highest BCUT2D eigenvalue weighted by Crippen LogP contribution is 2.42. The Morgan fingerprint density at radius 2 is 1.19 bits per heavy atom. The number of benzene rings is 4. The van der Waals surface area contributed by atoms with Crippen LogP contribution in [-0.2, 0) is 5.41 Å². The van der Waals surface area contributed by atoms with E-state index in [2.05, 4.69) is 63.2 Å². The SMILES string of the molecule is CC(C)(C)c1ccc2c(-c3c(N)ccc4ccccc34)c(N)ccc2c1. The van der Waals surface area contributed by atoms with Gasteiger partial charge in [-0.05, 0) is 44.7 Å². The molecule has 0 aliphatic rings. The van der Waals surface area contributed by atoms with Crippen LogP contribution in [0.3, 0.4) is 0 Å². The van der Waals surface area contributed by atoms with Crippen molar-refractivity contribution in [2.75, 3.05) is 11.5 Å². The zero-order valence-corrected chi connectivity index (χ0v) is 15.5. The molecule has 0 bridgehead atoms. The third-order valence-corrected chi connectivity index (χ3v) is 5.13. The maximum absolute atomic E-state index is 6.45. The quantitative estimate of drug-likeness (QED) is 0.410. The molecule has 0 aliphatic heterocycles. The standard InChI is InChI=1S/C24H24N2/c1-24(2,3)17-10-11-19-16(14-17)9-13-21(26)23(19)22-18-7-5-4-6-15(18)8-12-20(22)25/h4-14H,25-26H2,1-3H3. The van der Waals surface area contributed by atoms with Gasteiger partial charge in [-0.15, -0.1) is 0 Å². The minimum atomic E-state index is 0.105. The molecule has 0 unspecified atom stereocenters. The summed E-state index contributed by atoms with van der Waals surface area (Å²) >= 11 is 0. The van der Waals surface area contributed by atoms with Gasteiger partial charge < -0.3 is 11.5 Å². The molecular weight excluding hydrogens is 316 g/mol. The van der Waals surface area contributed by atoms with Crippen molar-refractivity contribution < 1.29 is 0 Å². The van der Waals surface area contributed by atoms with Gasteiger partial charge in [0.05, 0.1) is 0 Å². The first kappa shape index (κ1) is 16.5. The summed E-state index contributed by atoms with van der Waals surface area (Å²) in [5, 5.41) is 4.63. The summed E-state index contributed by atoms with van der Waals surface area (Å²) < 4.78 is 0. The van der Waals surface area contributed by atoms with E-state index in [0.717, 1.165) is 33.3 Å². The Labute approximate surface area is 154 Å². The molecule has 4 N–H and O–H groups in total. The van der Waals surface area contributed by atoms with Crippen LogP contribution < -0.4 is 11.5 Å². The minimum Gasteiger partial charge on any atom is -0.398 e. The minimum absolute atomic E-state index is 0.105. The van der Waals surface area contributed by atoms with Crippen molar-refractivity contribution in [3.05, 3.63) is 72.3 Å². The largest absolute Gasteiger partial charge is 0.398 e. The summed E-state index contributed by atoms with van der Waals surface area (Å²) in [6, 6.07) is 23.1. The first-order valence-corrected chi connectivity index (χ1v) is 8.96. The molecule has 2 heteroatoms. The van der Waals surface area contributed by atoms with Crippen LogP contribution in [0.15, 0.2) is 66.7 Å². The van der Waals surface area contributed by atoms with E-state index in [1.54, 1.807) is 0 Å². The summed E-state index contributed by atoms with van der Waals surface area (Å²) in [6.07, 6.45) is 0. The highest BCUT2D eigenvalue weighted by atomic mass is 14.6. The van der Waals surface area contributed by atoms with Crippen LogP contribution in [0.5, 0.6) is 0 Å². The number of anilines is 2. The van der Waals surface area contributed by atoms with Gasteiger partial charge >= 0.3 is 0 Å². The van der Waals surface area contributed by atoms with Crippen LogP contribution in [-0.4, -0.2) is 0 Å². The Hall–Kier alpha value is -3.00. The number of fused-ring (bicyclic) bond motifs is 2. The van der Waals surface area contributed by atoms with Crippen molar-refractivity contribution in [2.45, 2.75) is 26.2 Å². The van der Waals surface area contributed by atoms with Gasteiger partial charge in [0.15, 0.2) is 0 Å². The number of rotatable bonds is 1. The fourth-order valence-corrected chi connectivity index (χ4v) is 3.66. The van der Waals surface area contributed by atoms with Gasteiger partial charge in [0.2, 0.25) is 0 Å². The smallest absolute Gasteiger partial charge is 0.0401 e. The summed E-state index contributed by atoms with van der Waals surface area (Å²) in [5.74, 6) is 0. The van der Waals surface area contributed by atoms with Crippen molar-refractivity contribution in [1.29, 1.82) is 0 Å². The van der Waals surface area contributed by atoms with E-state index in [1.165, 1.54) is 16.3 Å². The molecule has 4 aromatic rings. The van der Waals surface area contributed by atoms with Gasteiger partial charge in [-0.3, -0.25) is 0 Å². The van der Waals surface area contributed by atoms with Crippen LogP contribution in [0.25, 0.3) is 32.7 Å². The fourth-order valence-electron chi connectivity index (χ4n) is 3.66. The Bertz CT molecular complexity index is 1130. The second-order valence-electron chi connectivity index (χ2n) is 7.97. The maximum atomic E-state index is 6.45. The molecule has 0 radical (unpaired) electrons. The van der Waals surface area contributed by atoms with Crippen molar-refractivity contribution in [1.82, 2.24) is 0 Å². The first-order chi connectivity index (χ1) is 12.4. The summed E-state index contributed by atoms with van der Waals surface area (Å²) in [4.78, 5) is 0. The van der Waals surface area contributed by atoms with E-state index >= 15 is 0 Å². The van der Waals surface area contributed by atoms with Crippen molar-refractivity contribution >= 4 is 32.9 Å². The van der Waals surface area contributed by atoms with Crippen LogP contribution in [0, 0.1) is 0 Å². The van der Waals surface area contributed by atoms with Crippen LogP contribution in [0.2, 0.25) is 0 Å². The van der Waals surface area contributed by atoms with Gasteiger partial charge in [0, 0.05) is 22.5 Å². The molecule has 0 aliphatic carbocycles. The number of hydrogen-bond donors (Lipinski definition) is 2. The molecule has 4 aromatic carbocycles. The van der Waals surface area contributed by atoms with Crippen LogP contribution in [0.4, 0.5) is 11.4 Å². The van der Waals surface area contributed by atoms with E-state index in [4.69, 9.17) is 11.5 Å². The lowest BCUT2D eigenvalue weighted by Crippen LogP contribution is -2.10. The van der Waals surface area contributed by atoms with Gasteiger partial charge in [-0.1, -0.05) is 75.4 Å². The first-order valence-electron chi connectivity index (χ1n) is 8.96. The normalized spacial score (nSPS) is 12.0. The van der Waals surface area contributed by atoms with Crippen molar-refractivity contribution in [2.24, 2.45) is 0 Å². The lowest BCUT2D eigenvalue weighted by atomic mass is 9.84. The average Bonchev–Trinajstić information content (AvgIpc) is 2.61. The third kappa shape index (κ3) is 2.59. The molecule has 0 saturated heterocycles. The molecule has 0 amide bonds. The lowest BCUT2D eigenvalue weighted by molar-refractivity contribution is 0.591. The number of hydrogen-bond acceptors (Lipinski definition) is 2. The molecule has 0 spiro atoms. The van der Waals surface area contributed by atoms with Gasteiger partial charge in [-0.2, -0.15) is 0 Å². The third-order valence-electron chi connectivity index (χ3n) is 5.13. The predicted molar refractivity (Wildman–Crippen MR) is 114 cm³/mol. The van der Waals surface area contributed by atoms with Crippen molar-refractivity contribution in [3.8, 4) is 11.1 Å². The molecule has 130 valence electrons. The molecule has 2 nitrogen and oxygen atoms in total. The fraction of sp³-hybridized carbons (Fsp3) is 0.167. The van der Waals surface area contributed by atoms with E-state index in [-0.39, 0.29) is 5.41 Å². The number of nitrogens with two attached hydrogens (primary N) is 2. The monoisotopic (exact) mass is 340 g/mol. The summed E-state index contributed by atoms with van der Waals surface area (Å²) in [5.41, 5.74) is 17.8. The summed E-state index contributed by atoms with van der Waals surface area (Å²) in [6.45, 7) is 6.69. The average molecular weight is 340 g/mol. The van der Waals surface area contributed by atoms with Gasteiger partial charge in [0.1, 0.15) is 0 Å². The Balaban J connectivity index is 2.10. The van der Waals surface area contributed by atoms with Crippen LogP contribution >= 0.6 is 0 Å². The maximum Gasteiger partial charge on any atom is 0.0401 e. The lowest BCUT2D eigenvalue weighted by Gasteiger charge is -2.21. The molecular formula is C24H24N2. The zero-order valence-electron chi connectivity index (χ0n) is 15.5. The highest BCUT2D eigenvalue weighted by Gasteiger charge is 2.17. The molecule has 0 atom stereocenters. The zero-order chi connectivity index (χ0) is 18.5. The van der Waals surface area contributed by atoms with Gasteiger partial charge in [0.25, 0.3) is 0 Å². The van der Waals surface area contributed by atoms with Gasteiger partial charge in [-0.25, -0.2) is 0 Å². The Morgan fingerprint density at radius 1 is 0.615 bits per heavy atom. The highest BCUT2D eigenvalue weighted by molar-refractivity contribution is 6.12. The molecule has 0 heterocycles. The summed E-state index contributed by atoms with van der Waals surface area (Å²) in [7, 11) is 0. The van der Waals surface area contributed by atoms with E-state index < -0.39 is 0 Å². The molecule has 0 fully saturated rings. The topological polar surface area (TPSA) is 52.0 Å². The number of nitrogen functional groups attached to an aromatic ring is 2. The Morgan fingerprint density at radius 3 is 1.85 bits per heavy atom. The molecule has 4 rings (SSSR count). The van der Waals surface area contributed by atoms with Crippen molar-refractivity contribution in [3.63, 3.8) is 0 Å². The van der Waals surface area contributed by atoms with E-state index in [1.807, 2.05) is 24.3 Å². The van der Waals surface area contributed by atoms with E-state index in [0.29, 0.717) is 0 Å². The van der Waals surface area contributed by atoms with Crippen LogP contribution in [0.1, 0.15) is 26.3 Å². The van der Waals surface area contributed by atoms with E-state index in [9.17, 15) is 0 Å². The predicted octanol–water partition coefficient (Wildman–Crippen LogP) is 6.12. The second kappa shape index (κ2) is 5.77. The second-order valence-corrected chi connectivity index (χ2v) is 7.97. The molecule has 0 saturated carbocycles. The molecule has 0 aromatic heterocycles. The molecule has 26 heavy (non-hydrogen) atoms.